The summed E-state index contributed by atoms with van der Waals surface area (Å²) < 4.78 is 11.5. The number of aromatic hydroxyl groups is 1. The quantitative estimate of drug-likeness (QED) is 0.389. The molecule has 0 spiro atoms. The van der Waals surface area contributed by atoms with E-state index >= 15 is 0 Å². The van der Waals surface area contributed by atoms with Crippen molar-refractivity contribution in [2.75, 3.05) is 6.61 Å². The molecule has 28 heavy (non-hydrogen) atoms. The van der Waals surface area contributed by atoms with Crippen molar-refractivity contribution in [3.05, 3.63) is 23.3 Å². The first-order chi connectivity index (χ1) is 13.1. The fraction of sp³-hybridized carbons (Fsp3) is 0.708. The van der Waals surface area contributed by atoms with Crippen LogP contribution in [0, 0.1) is 0 Å². The first-order valence-electron chi connectivity index (χ1n) is 10.9. The zero-order valence-corrected chi connectivity index (χ0v) is 18.4. The molecule has 0 saturated heterocycles. The third-order valence-corrected chi connectivity index (χ3v) is 5.73. The van der Waals surface area contributed by atoms with E-state index in [0.717, 1.165) is 55.4 Å². The van der Waals surface area contributed by atoms with Crippen LogP contribution in [0.4, 0.5) is 0 Å². The van der Waals surface area contributed by atoms with Gasteiger partial charge >= 0.3 is 5.97 Å². The minimum absolute atomic E-state index is 0.118. The molecule has 0 unspecified atom stereocenters. The molecule has 4 nitrogen and oxygen atoms in total. The van der Waals surface area contributed by atoms with Crippen LogP contribution >= 0.6 is 0 Å². The Bertz CT molecular complexity index is 661. The third-order valence-electron chi connectivity index (χ3n) is 5.73. The second-order valence-corrected chi connectivity index (χ2v) is 9.36. The highest BCUT2D eigenvalue weighted by Gasteiger charge is 2.31. The maximum Gasteiger partial charge on any atom is 0.305 e. The van der Waals surface area contributed by atoms with E-state index in [0.29, 0.717) is 18.8 Å². The molecule has 0 atom stereocenters. The van der Waals surface area contributed by atoms with E-state index in [9.17, 15) is 9.90 Å². The lowest BCUT2D eigenvalue weighted by atomic mass is 9.78. The highest BCUT2D eigenvalue weighted by Crippen LogP contribution is 2.42. The van der Waals surface area contributed by atoms with Gasteiger partial charge in [0.05, 0.1) is 6.61 Å². The smallest absolute Gasteiger partial charge is 0.305 e. The van der Waals surface area contributed by atoms with Crippen LogP contribution in [0.2, 0.25) is 0 Å². The van der Waals surface area contributed by atoms with Crippen molar-refractivity contribution < 1.29 is 19.4 Å². The summed E-state index contributed by atoms with van der Waals surface area (Å²) in [6, 6.07) is 3.85. The SMILES string of the molecule is CCCCCCOC(=O)CCCC(C)(C)c1cc2c(cc1O)CCC(C)(C)O2. The fourth-order valence-corrected chi connectivity index (χ4v) is 3.82. The molecule has 0 radical (unpaired) electrons. The first-order valence-corrected chi connectivity index (χ1v) is 10.9. The Kier molecular flexibility index (Phi) is 7.79. The summed E-state index contributed by atoms with van der Waals surface area (Å²) in [5.41, 5.74) is 1.54. The summed E-state index contributed by atoms with van der Waals surface area (Å²) in [5, 5.41) is 10.6. The zero-order chi connectivity index (χ0) is 20.8. The van der Waals surface area contributed by atoms with Crippen molar-refractivity contribution in [3.63, 3.8) is 0 Å². The zero-order valence-electron chi connectivity index (χ0n) is 18.4. The molecule has 2 rings (SSSR count). The summed E-state index contributed by atoms with van der Waals surface area (Å²) in [6.45, 7) is 11.1. The first kappa shape index (κ1) is 22.6. The maximum absolute atomic E-state index is 11.9. The highest BCUT2D eigenvalue weighted by atomic mass is 16.5. The number of aryl methyl sites for hydroxylation is 1. The lowest BCUT2D eigenvalue weighted by Crippen LogP contribution is -2.33. The standard InChI is InChI=1S/C24H38O4/c1-6-7-8-9-15-27-22(26)11-10-13-23(2,3)19-17-21-18(16-20(19)25)12-14-24(4,5)28-21/h16-17,25H,6-15H2,1-5H3. The Morgan fingerprint density at radius 2 is 1.96 bits per heavy atom. The van der Waals surface area contributed by atoms with Crippen LogP contribution in [0.3, 0.4) is 0 Å². The number of ether oxygens (including phenoxy) is 2. The molecule has 0 aliphatic carbocycles. The number of hydrogen-bond donors (Lipinski definition) is 1. The van der Waals surface area contributed by atoms with Gasteiger partial charge in [-0.05, 0) is 69.1 Å². The van der Waals surface area contributed by atoms with Crippen molar-refractivity contribution in [1.82, 2.24) is 0 Å². The average molecular weight is 391 g/mol. The van der Waals surface area contributed by atoms with Gasteiger partial charge in [-0.25, -0.2) is 0 Å². The predicted octanol–water partition coefficient (Wildman–Crippen LogP) is 6.07. The minimum atomic E-state index is -0.245. The number of carbonyl (C=O) groups excluding carboxylic acids is 1. The Morgan fingerprint density at radius 1 is 1.21 bits per heavy atom. The van der Waals surface area contributed by atoms with Gasteiger partial charge < -0.3 is 14.6 Å². The second-order valence-electron chi connectivity index (χ2n) is 9.36. The number of fused-ring (bicyclic) bond motifs is 1. The molecule has 1 aromatic rings. The number of rotatable bonds is 10. The van der Waals surface area contributed by atoms with Gasteiger partial charge in [0, 0.05) is 12.0 Å². The van der Waals surface area contributed by atoms with Crippen LogP contribution in [0.1, 0.15) is 97.1 Å². The third kappa shape index (κ3) is 6.42. The topological polar surface area (TPSA) is 55.8 Å². The van der Waals surface area contributed by atoms with Crippen LogP contribution in [-0.4, -0.2) is 23.3 Å². The largest absolute Gasteiger partial charge is 0.508 e. The molecule has 4 heteroatoms. The molecule has 0 fully saturated rings. The van der Waals surface area contributed by atoms with Crippen LogP contribution in [0.25, 0.3) is 0 Å². The van der Waals surface area contributed by atoms with Gasteiger partial charge in [0.2, 0.25) is 0 Å². The number of carbonyl (C=O) groups is 1. The monoisotopic (exact) mass is 390 g/mol. The van der Waals surface area contributed by atoms with E-state index in [2.05, 4.69) is 34.6 Å². The Balaban J connectivity index is 1.89. The number of benzene rings is 1. The Morgan fingerprint density at radius 3 is 2.68 bits per heavy atom. The normalized spacial score (nSPS) is 15.6. The number of hydrogen-bond acceptors (Lipinski definition) is 4. The van der Waals surface area contributed by atoms with E-state index in [-0.39, 0.29) is 17.0 Å². The van der Waals surface area contributed by atoms with Crippen molar-refractivity contribution in [3.8, 4) is 11.5 Å². The summed E-state index contributed by atoms with van der Waals surface area (Å²) in [6.07, 6.45) is 8.27. The lowest BCUT2D eigenvalue weighted by Gasteiger charge is -2.34. The van der Waals surface area contributed by atoms with Crippen molar-refractivity contribution in [1.29, 1.82) is 0 Å². The molecule has 1 aromatic carbocycles. The summed E-state index contributed by atoms with van der Waals surface area (Å²) in [5.74, 6) is 1.08. The molecule has 0 saturated carbocycles. The van der Waals surface area contributed by atoms with Crippen LogP contribution < -0.4 is 4.74 Å². The predicted molar refractivity (Wildman–Crippen MR) is 113 cm³/mol. The van der Waals surface area contributed by atoms with Gasteiger partial charge in [-0.15, -0.1) is 0 Å². The van der Waals surface area contributed by atoms with Gasteiger partial charge in [0.15, 0.2) is 0 Å². The van der Waals surface area contributed by atoms with E-state index in [1.54, 1.807) is 0 Å². The minimum Gasteiger partial charge on any atom is -0.508 e. The molecule has 1 aliphatic heterocycles. The number of phenols is 1. The molecule has 1 N–H and O–H groups in total. The summed E-state index contributed by atoms with van der Waals surface area (Å²) in [7, 11) is 0. The molecule has 1 heterocycles. The molecular weight excluding hydrogens is 352 g/mol. The number of esters is 1. The number of phenolic OH excluding ortho intramolecular Hbond substituents is 1. The Hall–Kier alpha value is -1.71. The molecular formula is C24H38O4. The summed E-state index contributed by atoms with van der Waals surface area (Å²) in [4.78, 5) is 11.9. The van der Waals surface area contributed by atoms with Gasteiger partial charge in [-0.3, -0.25) is 4.79 Å². The second kappa shape index (κ2) is 9.67. The van der Waals surface area contributed by atoms with Crippen molar-refractivity contribution in [2.24, 2.45) is 0 Å². The van der Waals surface area contributed by atoms with E-state index in [1.165, 1.54) is 12.8 Å². The Labute approximate surface area is 170 Å². The van der Waals surface area contributed by atoms with Crippen molar-refractivity contribution in [2.45, 2.75) is 103 Å². The molecule has 0 bridgehead atoms. The van der Waals surface area contributed by atoms with Crippen LogP contribution in [-0.2, 0) is 21.4 Å². The van der Waals surface area contributed by atoms with Gasteiger partial charge in [-0.2, -0.15) is 0 Å². The van der Waals surface area contributed by atoms with Gasteiger partial charge in [-0.1, -0.05) is 40.0 Å². The molecule has 0 aromatic heterocycles. The van der Waals surface area contributed by atoms with Crippen LogP contribution in [0.5, 0.6) is 11.5 Å². The lowest BCUT2D eigenvalue weighted by molar-refractivity contribution is -0.143. The van der Waals surface area contributed by atoms with Crippen LogP contribution in [0.15, 0.2) is 12.1 Å². The molecule has 158 valence electrons. The molecule has 1 aliphatic rings. The highest BCUT2D eigenvalue weighted by molar-refractivity contribution is 5.69. The van der Waals surface area contributed by atoms with E-state index < -0.39 is 0 Å². The molecule has 0 amide bonds. The van der Waals surface area contributed by atoms with E-state index in [4.69, 9.17) is 9.47 Å². The van der Waals surface area contributed by atoms with E-state index in [1.807, 2.05) is 12.1 Å². The van der Waals surface area contributed by atoms with Gasteiger partial charge in [0.25, 0.3) is 0 Å². The average Bonchev–Trinajstić information content (AvgIpc) is 2.60. The fourth-order valence-electron chi connectivity index (χ4n) is 3.82. The number of unbranched alkanes of at least 4 members (excludes halogenated alkanes) is 3. The van der Waals surface area contributed by atoms with Crippen molar-refractivity contribution >= 4 is 5.97 Å². The van der Waals surface area contributed by atoms with Gasteiger partial charge in [0.1, 0.15) is 17.1 Å². The summed E-state index contributed by atoms with van der Waals surface area (Å²) >= 11 is 0. The maximum atomic E-state index is 11.9.